The Bertz CT molecular complexity index is 319. The molecule has 3 rings (SSSR count). The van der Waals surface area contributed by atoms with Gasteiger partial charge in [0.05, 0.1) is 18.8 Å². The van der Waals surface area contributed by atoms with Crippen LogP contribution in [0.4, 0.5) is 0 Å². The molecule has 0 aromatic heterocycles. The molecule has 3 heteroatoms. The largest absolute Gasteiger partial charge is 0.359 e. The molecule has 15 heavy (non-hydrogen) atoms. The first-order valence-corrected chi connectivity index (χ1v) is 5.66. The molecule has 0 unspecified atom stereocenters. The third-order valence-electron chi connectivity index (χ3n) is 4.18. The molecule has 0 amide bonds. The summed E-state index contributed by atoms with van der Waals surface area (Å²) in [7, 11) is 0. The molecule has 3 nitrogen and oxygen atoms in total. The van der Waals surface area contributed by atoms with Crippen molar-refractivity contribution in [2.45, 2.75) is 50.1 Å². The minimum Gasteiger partial charge on any atom is -0.359 e. The lowest BCUT2D eigenvalue weighted by Crippen LogP contribution is -2.58. The normalized spacial score (nSPS) is 47.7. The van der Waals surface area contributed by atoms with Gasteiger partial charge in [0.1, 0.15) is 5.60 Å². The van der Waals surface area contributed by atoms with E-state index in [1.54, 1.807) is 0 Å². The zero-order chi connectivity index (χ0) is 10.7. The van der Waals surface area contributed by atoms with Gasteiger partial charge >= 0.3 is 0 Å². The van der Waals surface area contributed by atoms with Gasteiger partial charge in [-0.2, -0.15) is 0 Å². The molecule has 0 aliphatic carbocycles. The van der Waals surface area contributed by atoms with E-state index in [1.165, 1.54) is 0 Å². The molecule has 84 valence electrons. The summed E-state index contributed by atoms with van der Waals surface area (Å²) in [5.74, 6) is -0.555. The Balaban J connectivity index is 2.04. The third kappa shape index (κ3) is 1.06. The predicted octanol–water partition coefficient (Wildman–Crippen LogP) is 2.02. The fourth-order valence-corrected chi connectivity index (χ4v) is 3.25. The fourth-order valence-electron chi connectivity index (χ4n) is 3.25. The number of ether oxygens (including phenoxy) is 3. The summed E-state index contributed by atoms with van der Waals surface area (Å²) in [5.41, 5.74) is 0.618. The van der Waals surface area contributed by atoms with Crippen LogP contribution in [0.1, 0.15) is 33.1 Å². The zero-order valence-corrected chi connectivity index (χ0v) is 9.47. The number of rotatable bonds is 0. The number of hydrogen-bond donors (Lipinski definition) is 0. The molecule has 3 fully saturated rings. The number of hydrogen-bond acceptors (Lipinski definition) is 3. The van der Waals surface area contributed by atoms with E-state index >= 15 is 0 Å². The highest BCUT2D eigenvalue weighted by Gasteiger charge is 2.65. The van der Waals surface area contributed by atoms with Gasteiger partial charge in [-0.05, 0) is 32.3 Å². The van der Waals surface area contributed by atoms with E-state index < -0.39 is 11.4 Å². The van der Waals surface area contributed by atoms with Crippen molar-refractivity contribution in [2.24, 2.45) is 0 Å². The standard InChI is InChI=1S/C12H18O3/c1-9-8-10(2)4-5-12(11(9,3)15-10)13-6-7-14-12/h1,4-8H2,2-3H3/t10-,11-/m0/s1. The summed E-state index contributed by atoms with van der Waals surface area (Å²) in [6, 6.07) is 0. The van der Waals surface area contributed by atoms with Crippen molar-refractivity contribution >= 4 is 0 Å². The molecular formula is C12H18O3. The van der Waals surface area contributed by atoms with Crippen LogP contribution in [-0.4, -0.2) is 30.2 Å². The number of fused-ring (bicyclic) bond motifs is 3. The van der Waals surface area contributed by atoms with Gasteiger partial charge in [0.25, 0.3) is 0 Å². The Kier molecular flexibility index (Phi) is 1.73. The van der Waals surface area contributed by atoms with Crippen LogP contribution in [0.5, 0.6) is 0 Å². The van der Waals surface area contributed by atoms with Gasteiger partial charge in [-0.25, -0.2) is 0 Å². The molecule has 2 bridgehead atoms. The van der Waals surface area contributed by atoms with E-state index in [1.807, 2.05) is 0 Å². The first-order chi connectivity index (χ1) is 7.00. The summed E-state index contributed by atoms with van der Waals surface area (Å²) in [6.45, 7) is 9.71. The highest BCUT2D eigenvalue weighted by molar-refractivity contribution is 5.28. The molecule has 0 N–H and O–H groups in total. The van der Waals surface area contributed by atoms with Crippen LogP contribution < -0.4 is 0 Å². The summed E-state index contributed by atoms with van der Waals surface area (Å²) in [5, 5.41) is 0. The van der Waals surface area contributed by atoms with Crippen LogP contribution in [0.2, 0.25) is 0 Å². The average molecular weight is 210 g/mol. The first kappa shape index (κ1) is 9.82. The lowest BCUT2D eigenvalue weighted by Gasteiger charge is -2.47. The van der Waals surface area contributed by atoms with Crippen molar-refractivity contribution in [1.29, 1.82) is 0 Å². The van der Waals surface area contributed by atoms with Gasteiger partial charge in [0, 0.05) is 6.42 Å². The average Bonchev–Trinajstić information content (AvgIpc) is 2.68. The van der Waals surface area contributed by atoms with Crippen LogP contribution in [-0.2, 0) is 14.2 Å². The van der Waals surface area contributed by atoms with E-state index in [0.29, 0.717) is 13.2 Å². The molecule has 3 saturated heterocycles. The Hall–Kier alpha value is -0.380. The van der Waals surface area contributed by atoms with Crippen molar-refractivity contribution < 1.29 is 14.2 Å². The molecule has 1 spiro atoms. The molecule has 2 atom stereocenters. The maximum absolute atomic E-state index is 6.17. The smallest absolute Gasteiger partial charge is 0.201 e. The molecule has 0 saturated carbocycles. The zero-order valence-electron chi connectivity index (χ0n) is 9.47. The van der Waals surface area contributed by atoms with Crippen LogP contribution in [0.15, 0.2) is 12.2 Å². The molecule has 3 aliphatic heterocycles. The Morgan fingerprint density at radius 3 is 2.47 bits per heavy atom. The summed E-state index contributed by atoms with van der Waals surface area (Å²) >= 11 is 0. The van der Waals surface area contributed by atoms with Crippen molar-refractivity contribution in [1.82, 2.24) is 0 Å². The molecular weight excluding hydrogens is 192 g/mol. The second-order valence-corrected chi connectivity index (χ2v) is 5.32. The third-order valence-corrected chi connectivity index (χ3v) is 4.18. The van der Waals surface area contributed by atoms with E-state index in [0.717, 1.165) is 24.8 Å². The van der Waals surface area contributed by atoms with Crippen molar-refractivity contribution in [2.75, 3.05) is 13.2 Å². The van der Waals surface area contributed by atoms with Gasteiger partial charge in [-0.3, -0.25) is 0 Å². The van der Waals surface area contributed by atoms with Gasteiger partial charge in [0.15, 0.2) is 0 Å². The molecule has 3 heterocycles. The van der Waals surface area contributed by atoms with Crippen molar-refractivity contribution in [3.63, 3.8) is 0 Å². The van der Waals surface area contributed by atoms with Crippen LogP contribution in [0.25, 0.3) is 0 Å². The van der Waals surface area contributed by atoms with Gasteiger partial charge in [-0.1, -0.05) is 6.58 Å². The maximum atomic E-state index is 6.17. The Labute approximate surface area is 90.4 Å². The highest BCUT2D eigenvalue weighted by atomic mass is 16.8. The molecule has 3 aliphatic rings. The molecule has 0 aromatic carbocycles. The van der Waals surface area contributed by atoms with E-state index in [9.17, 15) is 0 Å². The minimum atomic E-state index is -0.555. The van der Waals surface area contributed by atoms with Gasteiger partial charge in [-0.15, -0.1) is 0 Å². The van der Waals surface area contributed by atoms with Crippen LogP contribution in [0.3, 0.4) is 0 Å². The SMILES string of the molecule is C=C1C[C@]2(C)CCC3(OCCO3)[C@@]1(C)O2. The van der Waals surface area contributed by atoms with Crippen LogP contribution >= 0.6 is 0 Å². The first-order valence-electron chi connectivity index (χ1n) is 5.66. The van der Waals surface area contributed by atoms with E-state index in [2.05, 4.69) is 20.4 Å². The Morgan fingerprint density at radius 1 is 1.13 bits per heavy atom. The Morgan fingerprint density at radius 2 is 1.80 bits per heavy atom. The van der Waals surface area contributed by atoms with Gasteiger partial charge < -0.3 is 14.2 Å². The molecule has 0 radical (unpaired) electrons. The van der Waals surface area contributed by atoms with E-state index in [4.69, 9.17) is 14.2 Å². The second kappa shape index (κ2) is 2.65. The quantitative estimate of drug-likeness (QED) is 0.572. The lowest BCUT2D eigenvalue weighted by atomic mass is 9.86. The summed E-state index contributed by atoms with van der Waals surface area (Å²) in [4.78, 5) is 0. The lowest BCUT2D eigenvalue weighted by molar-refractivity contribution is -0.305. The predicted molar refractivity (Wildman–Crippen MR) is 55.5 cm³/mol. The van der Waals surface area contributed by atoms with Crippen molar-refractivity contribution in [3.05, 3.63) is 12.2 Å². The summed E-state index contributed by atoms with van der Waals surface area (Å²) in [6.07, 6.45) is 2.83. The van der Waals surface area contributed by atoms with Crippen molar-refractivity contribution in [3.8, 4) is 0 Å². The maximum Gasteiger partial charge on any atom is 0.201 e. The summed E-state index contributed by atoms with van der Waals surface area (Å²) < 4.78 is 17.8. The molecule has 0 aromatic rings. The van der Waals surface area contributed by atoms with E-state index in [-0.39, 0.29) is 5.60 Å². The fraction of sp³-hybridized carbons (Fsp3) is 0.833. The topological polar surface area (TPSA) is 27.7 Å². The highest BCUT2D eigenvalue weighted by Crippen LogP contribution is 2.57. The monoisotopic (exact) mass is 210 g/mol. The minimum absolute atomic E-state index is 0.0492. The van der Waals surface area contributed by atoms with Gasteiger partial charge in [0.2, 0.25) is 5.79 Å². The van der Waals surface area contributed by atoms with Crippen LogP contribution in [0, 0.1) is 0 Å². The second-order valence-electron chi connectivity index (χ2n) is 5.32.